The molecule has 1 unspecified atom stereocenters. The Morgan fingerprint density at radius 1 is 1.47 bits per heavy atom. The minimum atomic E-state index is -0.460. The van der Waals surface area contributed by atoms with Gasteiger partial charge in [-0.05, 0) is 37.5 Å². The van der Waals surface area contributed by atoms with E-state index in [1.54, 1.807) is 11.8 Å². The summed E-state index contributed by atoms with van der Waals surface area (Å²) in [5, 5.41) is 0. The van der Waals surface area contributed by atoms with Crippen LogP contribution in [-0.4, -0.2) is 24.1 Å². The average molecular weight is 261 g/mol. The third-order valence-corrected chi connectivity index (χ3v) is 3.83. The van der Waals surface area contributed by atoms with E-state index in [9.17, 15) is 4.79 Å². The van der Waals surface area contributed by atoms with Crippen LogP contribution in [0.2, 0.25) is 0 Å². The van der Waals surface area contributed by atoms with Gasteiger partial charge in [0, 0.05) is 18.6 Å². The first kappa shape index (κ1) is 12.4. The van der Waals surface area contributed by atoms with Crippen molar-refractivity contribution >= 4 is 11.6 Å². The summed E-state index contributed by atoms with van der Waals surface area (Å²) in [5.74, 6) is 0.701. The van der Waals surface area contributed by atoms with E-state index < -0.39 is 6.10 Å². The fourth-order valence-electron chi connectivity index (χ4n) is 2.38. The van der Waals surface area contributed by atoms with Gasteiger partial charge >= 0.3 is 0 Å². The number of carbonyl (C=O) groups excluding carboxylic acids is 1. The van der Waals surface area contributed by atoms with Gasteiger partial charge in [-0.3, -0.25) is 4.79 Å². The minimum Gasteiger partial charge on any atom is -0.479 e. The van der Waals surface area contributed by atoms with Crippen molar-refractivity contribution in [3.63, 3.8) is 0 Å². The summed E-state index contributed by atoms with van der Waals surface area (Å²) in [5.41, 5.74) is 13.4. The quantitative estimate of drug-likeness (QED) is 0.841. The van der Waals surface area contributed by atoms with Gasteiger partial charge in [0.25, 0.3) is 5.91 Å². The third kappa shape index (κ3) is 2.19. The fraction of sp³-hybridized carbons (Fsp3) is 0.500. The Balaban J connectivity index is 1.99. The van der Waals surface area contributed by atoms with Crippen LogP contribution in [0.3, 0.4) is 0 Å². The summed E-state index contributed by atoms with van der Waals surface area (Å²) in [6.07, 6.45) is 1.48. The number of ether oxygens (including phenoxy) is 1. The monoisotopic (exact) mass is 261 g/mol. The summed E-state index contributed by atoms with van der Waals surface area (Å²) in [4.78, 5) is 14.1. The second kappa shape index (κ2) is 4.21. The lowest BCUT2D eigenvalue weighted by Gasteiger charge is -2.34. The molecule has 0 saturated heterocycles. The molecule has 4 N–H and O–H groups in total. The molecule has 1 aromatic rings. The van der Waals surface area contributed by atoms with Gasteiger partial charge in [-0.1, -0.05) is 6.07 Å². The van der Waals surface area contributed by atoms with Crippen molar-refractivity contribution in [1.82, 2.24) is 0 Å². The summed E-state index contributed by atoms with van der Waals surface area (Å²) in [7, 11) is 0. The van der Waals surface area contributed by atoms with Crippen molar-refractivity contribution in [3.8, 4) is 5.75 Å². The molecular weight excluding hydrogens is 242 g/mol. The van der Waals surface area contributed by atoms with E-state index in [-0.39, 0.29) is 11.4 Å². The topological polar surface area (TPSA) is 81.6 Å². The molecule has 5 nitrogen and oxygen atoms in total. The first-order valence-electron chi connectivity index (χ1n) is 6.62. The zero-order valence-corrected chi connectivity index (χ0v) is 11.1. The highest BCUT2D eigenvalue weighted by Gasteiger charge is 2.43. The maximum Gasteiger partial charge on any atom is 0.267 e. The zero-order valence-electron chi connectivity index (χ0n) is 11.1. The van der Waals surface area contributed by atoms with Crippen LogP contribution >= 0.6 is 0 Å². The predicted octanol–water partition coefficient (Wildman–Crippen LogP) is 0.750. The zero-order chi connectivity index (χ0) is 13.6. The van der Waals surface area contributed by atoms with Gasteiger partial charge in [0.15, 0.2) is 6.10 Å². The molecule has 0 bridgehead atoms. The number of nitrogens with zero attached hydrogens (tertiary/aromatic N) is 1. The van der Waals surface area contributed by atoms with Crippen molar-refractivity contribution in [2.75, 3.05) is 11.4 Å². The summed E-state index contributed by atoms with van der Waals surface area (Å²) in [6, 6.07) is 5.73. The largest absolute Gasteiger partial charge is 0.479 e. The molecule has 1 aliphatic carbocycles. The highest BCUT2D eigenvalue weighted by molar-refractivity contribution is 6.00. The molecule has 5 heteroatoms. The number of hydrogen-bond acceptors (Lipinski definition) is 4. The van der Waals surface area contributed by atoms with Gasteiger partial charge in [-0.2, -0.15) is 0 Å². The Hall–Kier alpha value is -1.59. The standard InChI is InChI=1S/C14H19N3O2/c1-9-13(18)17(8-14(16)4-5-14)11-6-10(7-15)2-3-12(11)19-9/h2-3,6,9H,4-5,7-8,15-16H2,1H3. The number of benzene rings is 1. The molecule has 0 radical (unpaired) electrons. The lowest BCUT2D eigenvalue weighted by molar-refractivity contribution is -0.125. The molecule has 0 aromatic heterocycles. The number of fused-ring (bicyclic) bond motifs is 1. The van der Waals surface area contributed by atoms with E-state index in [2.05, 4.69) is 0 Å². The molecule has 1 saturated carbocycles. The second-order valence-electron chi connectivity index (χ2n) is 5.55. The third-order valence-electron chi connectivity index (χ3n) is 3.83. The molecule has 0 spiro atoms. The predicted molar refractivity (Wildman–Crippen MR) is 72.9 cm³/mol. The highest BCUT2D eigenvalue weighted by Crippen LogP contribution is 2.39. The summed E-state index contributed by atoms with van der Waals surface area (Å²) < 4.78 is 5.64. The van der Waals surface area contributed by atoms with E-state index >= 15 is 0 Å². The van der Waals surface area contributed by atoms with E-state index in [4.69, 9.17) is 16.2 Å². The van der Waals surface area contributed by atoms with Gasteiger partial charge in [-0.25, -0.2) is 0 Å². The summed E-state index contributed by atoms with van der Waals surface area (Å²) >= 11 is 0. The maximum atomic E-state index is 12.3. The van der Waals surface area contributed by atoms with Crippen LogP contribution in [0.4, 0.5) is 5.69 Å². The van der Waals surface area contributed by atoms with Crippen LogP contribution < -0.4 is 21.1 Å². The Bertz CT molecular complexity index is 525. The Labute approximate surface area is 112 Å². The lowest BCUT2D eigenvalue weighted by atomic mass is 10.1. The number of anilines is 1. The van der Waals surface area contributed by atoms with Crippen LogP contribution in [0.15, 0.2) is 18.2 Å². The average Bonchev–Trinajstić information content (AvgIpc) is 3.13. The van der Waals surface area contributed by atoms with Crippen molar-refractivity contribution < 1.29 is 9.53 Å². The van der Waals surface area contributed by atoms with Crippen LogP contribution in [0, 0.1) is 0 Å². The summed E-state index contributed by atoms with van der Waals surface area (Å²) in [6.45, 7) is 2.77. The van der Waals surface area contributed by atoms with Crippen LogP contribution in [-0.2, 0) is 11.3 Å². The molecule has 2 aliphatic rings. The molecule has 1 heterocycles. The van der Waals surface area contributed by atoms with Gasteiger partial charge < -0.3 is 21.1 Å². The number of nitrogens with two attached hydrogens (primary N) is 2. The van der Waals surface area contributed by atoms with Crippen molar-refractivity contribution in [2.45, 2.75) is 38.0 Å². The first-order chi connectivity index (χ1) is 9.02. The second-order valence-corrected chi connectivity index (χ2v) is 5.55. The normalized spacial score (nSPS) is 23.8. The van der Waals surface area contributed by atoms with E-state index in [0.29, 0.717) is 13.1 Å². The number of amides is 1. The van der Waals surface area contributed by atoms with Gasteiger partial charge in [0.05, 0.1) is 5.69 Å². The number of carbonyl (C=O) groups is 1. The van der Waals surface area contributed by atoms with Gasteiger partial charge in [0.2, 0.25) is 0 Å². The van der Waals surface area contributed by atoms with Crippen molar-refractivity contribution in [2.24, 2.45) is 11.5 Å². The van der Waals surface area contributed by atoms with Gasteiger partial charge in [-0.15, -0.1) is 0 Å². The van der Waals surface area contributed by atoms with E-state index in [0.717, 1.165) is 29.8 Å². The highest BCUT2D eigenvalue weighted by atomic mass is 16.5. The van der Waals surface area contributed by atoms with E-state index in [1.165, 1.54) is 0 Å². The van der Waals surface area contributed by atoms with E-state index in [1.807, 2.05) is 18.2 Å². The molecule has 1 aliphatic heterocycles. The molecular formula is C14H19N3O2. The number of hydrogen-bond donors (Lipinski definition) is 2. The molecule has 19 heavy (non-hydrogen) atoms. The number of rotatable bonds is 3. The van der Waals surface area contributed by atoms with Crippen LogP contribution in [0.5, 0.6) is 5.75 Å². The lowest BCUT2D eigenvalue weighted by Crippen LogP contribution is -2.50. The molecule has 102 valence electrons. The molecule has 1 fully saturated rings. The molecule has 1 aromatic carbocycles. The minimum absolute atomic E-state index is 0.0293. The fourth-order valence-corrected chi connectivity index (χ4v) is 2.38. The Kier molecular flexibility index (Phi) is 2.76. The van der Waals surface area contributed by atoms with Gasteiger partial charge in [0.1, 0.15) is 5.75 Å². The molecule has 1 atom stereocenters. The Morgan fingerprint density at radius 3 is 2.84 bits per heavy atom. The van der Waals surface area contributed by atoms with Crippen molar-refractivity contribution in [1.29, 1.82) is 0 Å². The Morgan fingerprint density at radius 2 is 2.21 bits per heavy atom. The maximum absolute atomic E-state index is 12.3. The van der Waals surface area contributed by atoms with Crippen LogP contribution in [0.25, 0.3) is 0 Å². The first-order valence-corrected chi connectivity index (χ1v) is 6.62. The smallest absolute Gasteiger partial charge is 0.267 e. The SMILES string of the molecule is CC1Oc2ccc(CN)cc2N(CC2(N)CC2)C1=O. The van der Waals surface area contributed by atoms with Crippen molar-refractivity contribution in [3.05, 3.63) is 23.8 Å². The molecule has 1 amide bonds. The molecule has 3 rings (SSSR count). The van der Waals surface area contributed by atoms with Crippen LogP contribution in [0.1, 0.15) is 25.3 Å².